The van der Waals surface area contributed by atoms with Gasteiger partial charge in [0.2, 0.25) is 0 Å². The maximum absolute atomic E-state index is 12.4. The smallest absolute Gasteiger partial charge is 0.253 e. The zero-order chi connectivity index (χ0) is 16.7. The van der Waals surface area contributed by atoms with Crippen molar-refractivity contribution >= 4 is 5.91 Å². The Labute approximate surface area is 137 Å². The highest BCUT2D eigenvalue weighted by Crippen LogP contribution is 2.20. The Hall–Kier alpha value is -2.11. The molecule has 0 saturated carbocycles. The zero-order valence-corrected chi connectivity index (χ0v) is 14.1. The van der Waals surface area contributed by atoms with Crippen LogP contribution in [0.5, 0.6) is 0 Å². The van der Waals surface area contributed by atoms with Crippen LogP contribution in [0.4, 0.5) is 0 Å². The van der Waals surface area contributed by atoms with Crippen LogP contribution in [-0.4, -0.2) is 43.8 Å². The number of carbonyl (C=O) groups excluding carboxylic acids is 1. The second-order valence-electron chi connectivity index (χ2n) is 5.45. The number of carbonyl (C=O) groups is 1. The molecule has 2 aromatic rings. The molecule has 5 heteroatoms. The van der Waals surface area contributed by atoms with Gasteiger partial charge in [0.1, 0.15) is 0 Å². The lowest BCUT2D eigenvalue weighted by atomic mass is 10.2. The van der Waals surface area contributed by atoms with E-state index in [4.69, 9.17) is 4.74 Å². The van der Waals surface area contributed by atoms with E-state index in [1.807, 2.05) is 50.2 Å². The van der Waals surface area contributed by atoms with Crippen LogP contribution < -0.4 is 10.6 Å². The maximum Gasteiger partial charge on any atom is 0.253 e. The predicted octanol–water partition coefficient (Wildman–Crippen LogP) is 2.06. The van der Waals surface area contributed by atoms with Gasteiger partial charge in [-0.3, -0.25) is 4.79 Å². The molecule has 0 fully saturated rings. The third kappa shape index (κ3) is 4.43. The predicted molar refractivity (Wildman–Crippen MR) is 92.3 cm³/mol. The number of nitrogens with one attached hydrogen (secondary N) is 2. The SMILES string of the molecule is COCCNCCNC(=O)c1cc(C)n(-c2ccccc2)c1C. The summed E-state index contributed by atoms with van der Waals surface area (Å²) in [4.78, 5) is 12.4. The second kappa shape index (κ2) is 8.50. The molecule has 0 aliphatic rings. The van der Waals surface area contributed by atoms with Gasteiger partial charge in [0.05, 0.1) is 12.2 Å². The van der Waals surface area contributed by atoms with Gasteiger partial charge >= 0.3 is 0 Å². The molecule has 1 amide bonds. The summed E-state index contributed by atoms with van der Waals surface area (Å²) in [6.45, 7) is 6.78. The summed E-state index contributed by atoms with van der Waals surface area (Å²) in [5.41, 5.74) is 3.81. The van der Waals surface area contributed by atoms with Gasteiger partial charge in [0, 0.05) is 43.8 Å². The van der Waals surface area contributed by atoms with Crippen LogP contribution in [0.15, 0.2) is 36.4 Å². The Bertz CT molecular complexity index is 635. The van der Waals surface area contributed by atoms with Crippen LogP contribution in [0.2, 0.25) is 0 Å². The number of nitrogens with zero attached hydrogens (tertiary/aromatic N) is 1. The molecule has 0 bridgehead atoms. The lowest BCUT2D eigenvalue weighted by Crippen LogP contribution is -2.33. The fourth-order valence-corrected chi connectivity index (χ4v) is 2.63. The number of aryl methyl sites for hydroxylation is 1. The number of aromatic nitrogens is 1. The number of methoxy groups -OCH3 is 1. The van der Waals surface area contributed by atoms with Crippen LogP contribution in [-0.2, 0) is 4.74 Å². The molecule has 1 aromatic carbocycles. The molecule has 23 heavy (non-hydrogen) atoms. The van der Waals surface area contributed by atoms with Crippen molar-refractivity contribution in [3.8, 4) is 5.69 Å². The molecule has 0 unspecified atom stereocenters. The van der Waals surface area contributed by atoms with Crippen LogP contribution in [0.25, 0.3) is 5.69 Å². The summed E-state index contributed by atoms with van der Waals surface area (Å²) in [6, 6.07) is 12.0. The number of rotatable bonds is 8. The topological polar surface area (TPSA) is 55.3 Å². The summed E-state index contributed by atoms with van der Waals surface area (Å²) in [7, 11) is 1.67. The van der Waals surface area contributed by atoms with E-state index in [0.29, 0.717) is 13.2 Å². The molecule has 0 atom stereocenters. The largest absolute Gasteiger partial charge is 0.383 e. The molecule has 0 radical (unpaired) electrons. The van der Waals surface area contributed by atoms with Crippen molar-refractivity contribution in [2.75, 3.05) is 33.4 Å². The van der Waals surface area contributed by atoms with E-state index in [0.717, 1.165) is 35.7 Å². The molecule has 2 N–H and O–H groups in total. The molecule has 1 aromatic heterocycles. The van der Waals surface area contributed by atoms with Crippen LogP contribution >= 0.6 is 0 Å². The van der Waals surface area contributed by atoms with Gasteiger partial charge in [0.25, 0.3) is 5.91 Å². The second-order valence-corrected chi connectivity index (χ2v) is 5.45. The van der Waals surface area contributed by atoms with Crippen molar-refractivity contribution in [1.82, 2.24) is 15.2 Å². The van der Waals surface area contributed by atoms with Gasteiger partial charge in [-0.2, -0.15) is 0 Å². The van der Waals surface area contributed by atoms with Crippen LogP contribution in [0.1, 0.15) is 21.7 Å². The minimum absolute atomic E-state index is 0.0335. The zero-order valence-electron chi connectivity index (χ0n) is 14.1. The minimum atomic E-state index is -0.0335. The first kappa shape index (κ1) is 17.2. The highest BCUT2D eigenvalue weighted by Gasteiger charge is 2.16. The van der Waals surface area contributed by atoms with Gasteiger partial charge in [-0.05, 0) is 32.0 Å². The highest BCUT2D eigenvalue weighted by atomic mass is 16.5. The summed E-state index contributed by atoms with van der Waals surface area (Å²) in [5.74, 6) is -0.0335. The van der Waals surface area contributed by atoms with E-state index in [1.165, 1.54) is 0 Å². The van der Waals surface area contributed by atoms with Crippen molar-refractivity contribution in [2.45, 2.75) is 13.8 Å². The van der Waals surface area contributed by atoms with E-state index in [1.54, 1.807) is 7.11 Å². The summed E-state index contributed by atoms with van der Waals surface area (Å²) < 4.78 is 7.06. The number of hydrogen-bond donors (Lipinski definition) is 2. The molecule has 1 heterocycles. The average Bonchev–Trinajstić information content (AvgIpc) is 2.86. The van der Waals surface area contributed by atoms with Gasteiger partial charge in [-0.25, -0.2) is 0 Å². The van der Waals surface area contributed by atoms with Crippen molar-refractivity contribution in [3.63, 3.8) is 0 Å². The van der Waals surface area contributed by atoms with E-state index in [2.05, 4.69) is 15.2 Å². The van der Waals surface area contributed by atoms with Crippen molar-refractivity contribution in [1.29, 1.82) is 0 Å². The summed E-state index contributed by atoms with van der Waals surface area (Å²) in [6.07, 6.45) is 0. The standard InChI is InChI=1S/C18H25N3O2/c1-14-13-17(18(22)20-10-9-19-11-12-23-3)15(2)21(14)16-7-5-4-6-8-16/h4-8,13,19H,9-12H2,1-3H3,(H,20,22). The third-order valence-electron chi connectivity index (χ3n) is 3.76. The number of ether oxygens (including phenoxy) is 1. The lowest BCUT2D eigenvalue weighted by Gasteiger charge is -2.10. The van der Waals surface area contributed by atoms with E-state index in [9.17, 15) is 4.79 Å². The van der Waals surface area contributed by atoms with Crippen molar-refractivity contribution in [3.05, 3.63) is 53.3 Å². The molecule has 0 saturated heterocycles. The molecule has 124 valence electrons. The molecule has 5 nitrogen and oxygen atoms in total. The summed E-state index contributed by atoms with van der Waals surface area (Å²) >= 11 is 0. The van der Waals surface area contributed by atoms with E-state index < -0.39 is 0 Å². The van der Waals surface area contributed by atoms with Gasteiger partial charge in [0.15, 0.2) is 0 Å². The van der Waals surface area contributed by atoms with Crippen LogP contribution in [0.3, 0.4) is 0 Å². The normalized spacial score (nSPS) is 10.7. The number of amides is 1. The van der Waals surface area contributed by atoms with E-state index in [-0.39, 0.29) is 5.91 Å². The lowest BCUT2D eigenvalue weighted by molar-refractivity contribution is 0.0953. The Morgan fingerprint density at radius 2 is 1.87 bits per heavy atom. The quantitative estimate of drug-likeness (QED) is 0.733. The molecule has 0 spiro atoms. The fraction of sp³-hybridized carbons (Fsp3) is 0.389. The number of para-hydroxylation sites is 1. The van der Waals surface area contributed by atoms with Gasteiger partial charge in [-0.15, -0.1) is 0 Å². The Balaban J connectivity index is 1.99. The van der Waals surface area contributed by atoms with Gasteiger partial charge < -0.3 is 19.9 Å². The van der Waals surface area contributed by atoms with Crippen LogP contribution in [0, 0.1) is 13.8 Å². The highest BCUT2D eigenvalue weighted by molar-refractivity contribution is 5.95. The maximum atomic E-state index is 12.4. The molecular weight excluding hydrogens is 290 g/mol. The summed E-state index contributed by atoms with van der Waals surface area (Å²) in [5, 5.41) is 6.16. The molecule has 2 rings (SSSR count). The number of hydrogen-bond acceptors (Lipinski definition) is 3. The van der Waals surface area contributed by atoms with Crippen molar-refractivity contribution < 1.29 is 9.53 Å². The Kier molecular flexibility index (Phi) is 6.38. The average molecular weight is 315 g/mol. The van der Waals surface area contributed by atoms with E-state index >= 15 is 0 Å². The van der Waals surface area contributed by atoms with Crippen molar-refractivity contribution in [2.24, 2.45) is 0 Å². The first-order valence-corrected chi connectivity index (χ1v) is 7.87. The monoisotopic (exact) mass is 315 g/mol. The minimum Gasteiger partial charge on any atom is -0.383 e. The molecular formula is C18H25N3O2. The molecule has 0 aliphatic carbocycles. The van der Waals surface area contributed by atoms with Gasteiger partial charge in [-0.1, -0.05) is 18.2 Å². The first-order chi connectivity index (χ1) is 11.1. The fourth-order valence-electron chi connectivity index (χ4n) is 2.63. The molecule has 0 aliphatic heterocycles. The first-order valence-electron chi connectivity index (χ1n) is 7.87. The third-order valence-corrected chi connectivity index (χ3v) is 3.76. The Morgan fingerprint density at radius 1 is 1.13 bits per heavy atom. The number of benzene rings is 1. The Morgan fingerprint density at radius 3 is 2.57 bits per heavy atom.